The lowest BCUT2D eigenvalue weighted by Crippen LogP contribution is -2.23. The molecule has 0 aliphatic heterocycles. The molecule has 4 heteroatoms. The molecule has 0 aliphatic rings. The molecular weight excluding hydrogens is 262 g/mol. The third kappa shape index (κ3) is 3.99. The van der Waals surface area contributed by atoms with E-state index in [1.165, 1.54) is 0 Å². The van der Waals surface area contributed by atoms with E-state index in [1.807, 2.05) is 19.2 Å². The van der Waals surface area contributed by atoms with Gasteiger partial charge in [-0.25, -0.2) is 0 Å². The molecule has 0 saturated heterocycles. The summed E-state index contributed by atoms with van der Waals surface area (Å²) in [6.07, 6.45) is 0. The van der Waals surface area contributed by atoms with E-state index in [0.29, 0.717) is 17.7 Å². The second-order valence-electron chi connectivity index (χ2n) is 4.56. The van der Waals surface area contributed by atoms with Gasteiger partial charge in [0, 0.05) is 12.7 Å². The summed E-state index contributed by atoms with van der Waals surface area (Å²) in [5.74, 6) is 0.752. The molecule has 4 nitrogen and oxygen atoms in total. The Bertz CT molecular complexity index is 663. The summed E-state index contributed by atoms with van der Waals surface area (Å²) in [5, 5.41) is 17.5. The number of ether oxygens (including phenoxy) is 1. The third-order valence-corrected chi connectivity index (χ3v) is 3.12. The molecule has 0 bridgehead atoms. The van der Waals surface area contributed by atoms with Crippen LogP contribution in [0.3, 0.4) is 0 Å². The van der Waals surface area contributed by atoms with Gasteiger partial charge in [-0.3, -0.25) is 0 Å². The lowest BCUT2D eigenvalue weighted by atomic mass is 10.2. The molecule has 0 N–H and O–H groups in total. The van der Waals surface area contributed by atoms with Gasteiger partial charge in [0.25, 0.3) is 0 Å². The molecular formula is C17H15N3O. The van der Waals surface area contributed by atoms with Crippen molar-refractivity contribution in [3.05, 3.63) is 59.7 Å². The highest BCUT2D eigenvalue weighted by atomic mass is 16.5. The average molecular weight is 277 g/mol. The van der Waals surface area contributed by atoms with Crippen molar-refractivity contribution in [2.24, 2.45) is 0 Å². The number of benzene rings is 2. The summed E-state index contributed by atoms with van der Waals surface area (Å²) < 4.78 is 5.64. The van der Waals surface area contributed by atoms with E-state index in [4.69, 9.17) is 15.3 Å². The van der Waals surface area contributed by atoms with Crippen molar-refractivity contribution in [3.63, 3.8) is 0 Å². The molecule has 0 amide bonds. The van der Waals surface area contributed by atoms with Crippen molar-refractivity contribution in [2.45, 2.75) is 0 Å². The Balaban J connectivity index is 1.84. The standard InChI is InChI=1S/C17H15N3O/c1-20(16-6-2-14(12-18)3-7-16)10-11-21-17-8-4-15(13-19)5-9-17/h2-9H,10-11H2,1H3. The van der Waals surface area contributed by atoms with Gasteiger partial charge in [0.2, 0.25) is 0 Å². The van der Waals surface area contributed by atoms with Crippen LogP contribution in [0.5, 0.6) is 5.75 Å². The smallest absolute Gasteiger partial charge is 0.119 e. The molecule has 0 atom stereocenters. The first-order valence-corrected chi connectivity index (χ1v) is 6.57. The van der Waals surface area contributed by atoms with Crippen molar-refractivity contribution in [3.8, 4) is 17.9 Å². The first-order valence-electron chi connectivity index (χ1n) is 6.57. The lowest BCUT2D eigenvalue weighted by Gasteiger charge is -2.19. The molecule has 21 heavy (non-hydrogen) atoms. The second kappa shape index (κ2) is 6.98. The molecule has 2 aromatic rings. The molecule has 2 aromatic carbocycles. The summed E-state index contributed by atoms with van der Waals surface area (Å²) >= 11 is 0. The van der Waals surface area contributed by atoms with Crippen molar-refractivity contribution in [1.29, 1.82) is 10.5 Å². The summed E-state index contributed by atoms with van der Waals surface area (Å²) in [6.45, 7) is 1.27. The number of anilines is 1. The predicted octanol–water partition coefficient (Wildman–Crippen LogP) is 2.95. The van der Waals surface area contributed by atoms with Crippen LogP contribution in [0.15, 0.2) is 48.5 Å². The number of rotatable bonds is 5. The van der Waals surface area contributed by atoms with Crippen LogP contribution in [-0.4, -0.2) is 20.2 Å². The first-order chi connectivity index (χ1) is 10.2. The minimum Gasteiger partial charge on any atom is -0.492 e. The van der Waals surface area contributed by atoms with E-state index in [1.54, 1.807) is 36.4 Å². The number of hydrogen-bond acceptors (Lipinski definition) is 4. The minimum absolute atomic E-state index is 0.544. The molecule has 0 heterocycles. The van der Waals surface area contributed by atoms with E-state index >= 15 is 0 Å². The Kier molecular flexibility index (Phi) is 4.79. The molecule has 104 valence electrons. The monoisotopic (exact) mass is 277 g/mol. The van der Waals surface area contributed by atoms with Gasteiger partial charge >= 0.3 is 0 Å². The van der Waals surface area contributed by atoms with Gasteiger partial charge in [0.1, 0.15) is 12.4 Å². The maximum atomic E-state index is 8.77. The SMILES string of the molecule is CN(CCOc1ccc(C#N)cc1)c1ccc(C#N)cc1. The van der Waals surface area contributed by atoms with Crippen molar-refractivity contribution in [2.75, 3.05) is 25.1 Å². The third-order valence-electron chi connectivity index (χ3n) is 3.12. The first kappa shape index (κ1) is 14.4. The van der Waals surface area contributed by atoms with Crippen molar-refractivity contribution >= 4 is 5.69 Å². The summed E-state index contributed by atoms with van der Waals surface area (Å²) in [5.41, 5.74) is 2.32. The minimum atomic E-state index is 0.544. The Labute approximate surface area is 124 Å². The number of nitrogens with zero attached hydrogens (tertiary/aromatic N) is 3. The van der Waals surface area contributed by atoms with Gasteiger partial charge < -0.3 is 9.64 Å². The fourth-order valence-corrected chi connectivity index (χ4v) is 1.85. The van der Waals surface area contributed by atoms with Crippen LogP contribution in [0.1, 0.15) is 11.1 Å². The highest BCUT2D eigenvalue weighted by Gasteiger charge is 2.02. The van der Waals surface area contributed by atoms with Gasteiger partial charge in [-0.05, 0) is 48.5 Å². The van der Waals surface area contributed by atoms with Crippen LogP contribution >= 0.6 is 0 Å². The molecule has 2 rings (SSSR count). The summed E-state index contributed by atoms with van der Waals surface area (Å²) in [7, 11) is 1.98. The molecule has 0 unspecified atom stereocenters. The largest absolute Gasteiger partial charge is 0.492 e. The van der Waals surface area contributed by atoms with Crippen molar-refractivity contribution < 1.29 is 4.74 Å². The van der Waals surface area contributed by atoms with Gasteiger partial charge in [0.05, 0.1) is 29.8 Å². The molecule has 0 aliphatic carbocycles. The van der Waals surface area contributed by atoms with E-state index in [9.17, 15) is 0 Å². The van der Waals surface area contributed by atoms with Gasteiger partial charge in [-0.1, -0.05) is 0 Å². The predicted molar refractivity (Wildman–Crippen MR) is 81.1 cm³/mol. The zero-order valence-electron chi connectivity index (χ0n) is 11.8. The van der Waals surface area contributed by atoms with Gasteiger partial charge in [0.15, 0.2) is 0 Å². The van der Waals surface area contributed by atoms with Crippen molar-refractivity contribution in [1.82, 2.24) is 0 Å². The molecule has 0 saturated carbocycles. The zero-order chi connectivity index (χ0) is 15.1. The fourth-order valence-electron chi connectivity index (χ4n) is 1.85. The topological polar surface area (TPSA) is 60.0 Å². The maximum absolute atomic E-state index is 8.77. The summed E-state index contributed by atoms with van der Waals surface area (Å²) in [6, 6.07) is 18.7. The normalized spacial score (nSPS) is 9.48. The van der Waals surface area contributed by atoms with Gasteiger partial charge in [-0.2, -0.15) is 10.5 Å². The molecule has 0 spiro atoms. The molecule has 0 radical (unpaired) electrons. The van der Waals surface area contributed by atoms with E-state index < -0.39 is 0 Å². The quantitative estimate of drug-likeness (QED) is 0.843. The summed E-state index contributed by atoms with van der Waals surface area (Å²) in [4.78, 5) is 2.06. The Morgan fingerprint density at radius 3 is 1.95 bits per heavy atom. The average Bonchev–Trinajstić information content (AvgIpc) is 2.55. The Morgan fingerprint density at radius 1 is 0.905 bits per heavy atom. The van der Waals surface area contributed by atoms with Gasteiger partial charge in [-0.15, -0.1) is 0 Å². The van der Waals surface area contributed by atoms with Crippen LogP contribution in [0.2, 0.25) is 0 Å². The number of likely N-dealkylation sites (N-methyl/N-ethyl adjacent to an activating group) is 1. The van der Waals surface area contributed by atoms with Crippen LogP contribution in [0.4, 0.5) is 5.69 Å². The fraction of sp³-hybridized carbons (Fsp3) is 0.176. The molecule has 0 fully saturated rings. The molecule has 0 aromatic heterocycles. The Morgan fingerprint density at radius 2 is 1.43 bits per heavy atom. The maximum Gasteiger partial charge on any atom is 0.119 e. The second-order valence-corrected chi connectivity index (χ2v) is 4.56. The highest BCUT2D eigenvalue weighted by Crippen LogP contribution is 2.14. The Hall–Kier alpha value is -2.98. The zero-order valence-corrected chi connectivity index (χ0v) is 11.8. The van der Waals surface area contributed by atoms with E-state index in [-0.39, 0.29) is 0 Å². The van der Waals surface area contributed by atoms with Crippen LogP contribution in [0, 0.1) is 22.7 Å². The van der Waals surface area contributed by atoms with Crippen LogP contribution in [-0.2, 0) is 0 Å². The number of nitriles is 2. The van der Waals surface area contributed by atoms with E-state index in [0.717, 1.165) is 18.0 Å². The van der Waals surface area contributed by atoms with E-state index in [2.05, 4.69) is 17.0 Å². The highest BCUT2D eigenvalue weighted by molar-refractivity contribution is 5.49. The van der Waals surface area contributed by atoms with Crippen LogP contribution in [0.25, 0.3) is 0 Å². The van der Waals surface area contributed by atoms with Crippen LogP contribution < -0.4 is 9.64 Å². The number of hydrogen-bond donors (Lipinski definition) is 0. The lowest BCUT2D eigenvalue weighted by molar-refractivity contribution is 0.326.